The Morgan fingerprint density at radius 2 is 2.31 bits per heavy atom. The number of thioether (sulfide) groups is 1. The minimum Gasteiger partial charge on any atom is -0.341 e. The van der Waals surface area contributed by atoms with E-state index in [1.807, 2.05) is 11.8 Å². The standard InChI is InChI=1S/C12H20BrNOS/c1-9-8-14(6-4-10(9)13)11(15)12(2)5-3-7-16-12/h9-10H,3-8H2,1-2H3. The Balaban J connectivity index is 2.00. The number of amides is 1. The van der Waals surface area contributed by atoms with Gasteiger partial charge in [-0.25, -0.2) is 0 Å². The molecule has 0 aromatic rings. The van der Waals surface area contributed by atoms with Gasteiger partial charge in [-0.1, -0.05) is 22.9 Å². The van der Waals surface area contributed by atoms with E-state index >= 15 is 0 Å². The van der Waals surface area contributed by atoms with E-state index in [2.05, 4.69) is 34.7 Å². The smallest absolute Gasteiger partial charge is 0.238 e. The van der Waals surface area contributed by atoms with Gasteiger partial charge in [0.2, 0.25) is 5.91 Å². The van der Waals surface area contributed by atoms with Gasteiger partial charge in [-0.15, -0.1) is 11.8 Å². The number of piperidine rings is 1. The van der Waals surface area contributed by atoms with Crippen molar-refractivity contribution in [1.82, 2.24) is 4.90 Å². The van der Waals surface area contributed by atoms with E-state index in [4.69, 9.17) is 0 Å². The highest BCUT2D eigenvalue weighted by Crippen LogP contribution is 2.40. The van der Waals surface area contributed by atoms with Crippen LogP contribution in [-0.4, -0.2) is 39.2 Å². The molecule has 2 rings (SSSR count). The quantitative estimate of drug-likeness (QED) is 0.694. The van der Waals surface area contributed by atoms with Crippen LogP contribution >= 0.6 is 27.7 Å². The highest BCUT2D eigenvalue weighted by molar-refractivity contribution is 9.09. The average Bonchev–Trinajstić information content (AvgIpc) is 2.70. The summed E-state index contributed by atoms with van der Waals surface area (Å²) < 4.78 is -0.126. The first-order valence-corrected chi connectivity index (χ1v) is 8.00. The van der Waals surface area contributed by atoms with Crippen LogP contribution in [0.4, 0.5) is 0 Å². The molecule has 0 radical (unpaired) electrons. The van der Waals surface area contributed by atoms with Crippen molar-refractivity contribution in [1.29, 1.82) is 0 Å². The van der Waals surface area contributed by atoms with Gasteiger partial charge in [-0.2, -0.15) is 0 Å². The van der Waals surface area contributed by atoms with E-state index in [0.717, 1.165) is 31.7 Å². The SMILES string of the molecule is CC1CN(C(=O)C2(C)CCCS2)CCC1Br. The zero-order valence-electron chi connectivity index (χ0n) is 10.0. The summed E-state index contributed by atoms with van der Waals surface area (Å²) in [4.78, 5) is 15.1. The van der Waals surface area contributed by atoms with Crippen molar-refractivity contribution >= 4 is 33.6 Å². The minimum atomic E-state index is -0.126. The molecule has 1 amide bonds. The van der Waals surface area contributed by atoms with Gasteiger partial charge in [0.05, 0.1) is 4.75 Å². The molecule has 2 saturated heterocycles. The minimum absolute atomic E-state index is 0.126. The molecule has 0 aromatic carbocycles. The van der Waals surface area contributed by atoms with E-state index < -0.39 is 0 Å². The maximum atomic E-state index is 12.5. The molecule has 0 aliphatic carbocycles. The summed E-state index contributed by atoms with van der Waals surface area (Å²) in [6.45, 7) is 6.20. The van der Waals surface area contributed by atoms with Gasteiger partial charge in [0.15, 0.2) is 0 Å². The van der Waals surface area contributed by atoms with Gasteiger partial charge in [0.25, 0.3) is 0 Å². The molecule has 4 heteroatoms. The molecule has 16 heavy (non-hydrogen) atoms. The molecule has 2 heterocycles. The van der Waals surface area contributed by atoms with E-state index in [1.165, 1.54) is 6.42 Å². The number of rotatable bonds is 1. The van der Waals surface area contributed by atoms with Crippen LogP contribution in [0.5, 0.6) is 0 Å². The number of carbonyl (C=O) groups excluding carboxylic acids is 1. The van der Waals surface area contributed by atoms with Gasteiger partial charge >= 0.3 is 0 Å². The van der Waals surface area contributed by atoms with Crippen molar-refractivity contribution in [2.24, 2.45) is 5.92 Å². The highest BCUT2D eigenvalue weighted by atomic mass is 79.9. The lowest BCUT2D eigenvalue weighted by molar-refractivity contribution is -0.135. The summed E-state index contributed by atoms with van der Waals surface area (Å²) in [5.41, 5.74) is 0. The Kier molecular flexibility index (Phi) is 3.89. The molecule has 3 unspecified atom stereocenters. The molecule has 2 aliphatic heterocycles. The molecule has 2 aliphatic rings. The summed E-state index contributed by atoms with van der Waals surface area (Å²) in [7, 11) is 0. The lowest BCUT2D eigenvalue weighted by Gasteiger charge is -2.38. The predicted molar refractivity (Wildman–Crippen MR) is 73.2 cm³/mol. The Labute approximate surface area is 111 Å². The summed E-state index contributed by atoms with van der Waals surface area (Å²) >= 11 is 5.53. The molecule has 0 N–H and O–H groups in total. The van der Waals surface area contributed by atoms with E-state index in [-0.39, 0.29) is 4.75 Å². The Bertz CT molecular complexity index is 278. The normalized spacial score (nSPS) is 40.1. The van der Waals surface area contributed by atoms with Crippen molar-refractivity contribution in [3.63, 3.8) is 0 Å². The molecule has 2 fully saturated rings. The van der Waals surface area contributed by atoms with Crippen LogP contribution in [0.1, 0.15) is 33.1 Å². The van der Waals surface area contributed by atoms with Crippen LogP contribution in [0.3, 0.4) is 0 Å². The van der Waals surface area contributed by atoms with Gasteiger partial charge in [-0.3, -0.25) is 4.79 Å². The Morgan fingerprint density at radius 1 is 1.56 bits per heavy atom. The lowest BCUT2D eigenvalue weighted by atomic mass is 9.97. The fourth-order valence-electron chi connectivity index (χ4n) is 2.58. The van der Waals surface area contributed by atoms with Crippen molar-refractivity contribution in [3.8, 4) is 0 Å². The monoisotopic (exact) mass is 305 g/mol. The Morgan fingerprint density at radius 3 is 2.88 bits per heavy atom. The summed E-state index contributed by atoms with van der Waals surface area (Å²) in [6, 6.07) is 0. The topological polar surface area (TPSA) is 20.3 Å². The molecule has 2 nitrogen and oxygen atoms in total. The second kappa shape index (κ2) is 4.89. The average molecular weight is 306 g/mol. The summed E-state index contributed by atoms with van der Waals surface area (Å²) in [5, 5.41) is 0. The Hall–Kier alpha value is 0.300. The third kappa shape index (κ3) is 2.42. The highest BCUT2D eigenvalue weighted by Gasteiger charge is 2.41. The summed E-state index contributed by atoms with van der Waals surface area (Å²) in [5.74, 6) is 2.10. The zero-order valence-corrected chi connectivity index (χ0v) is 12.4. The third-order valence-electron chi connectivity index (χ3n) is 3.76. The molecule has 0 aromatic heterocycles. The third-order valence-corrected chi connectivity index (χ3v) is 6.63. The number of halogens is 1. The lowest BCUT2D eigenvalue weighted by Crippen LogP contribution is -2.50. The van der Waals surface area contributed by atoms with Crippen LogP contribution < -0.4 is 0 Å². The van der Waals surface area contributed by atoms with Gasteiger partial charge < -0.3 is 4.90 Å². The molecule has 0 saturated carbocycles. The largest absolute Gasteiger partial charge is 0.341 e. The molecular weight excluding hydrogens is 286 g/mol. The number of nitrogens with zero attached hydrogens (tertiary/aromatic N) is 1. The molecule has 92 valence electrons. The number of carbonyl (C=O) groups is 1. The number of likely N-dealkylation sites (tertiary alicyclic amines) is 1. The van der Waals surface area contributed by atoms with Crippen molar-refractivity contribution in [2.75, 3.05) is 18.8 Å². The number of alkyl halides is 1. The van der Waals surface area contributed by atoms with Crippen molar-refractivity contribution < 1.29 is 4.79 Å². The fourth-order valence-corrected chi connectivity index (χ4v) is 4.24. The first-order chi connectivity index (χ1) is 7.53. The molecular formula is C12H20BrNOS. The predicted octanol–water partition coefficient (Wildman–Crippen LogP) is 2.90. The van der Waals surface area contributed by atoms with Crippen molar-refractivity contribution in [2.45, 2.75) is 42.7 Å². The van der Waals surface area contributed by atoms with Crippen LogP contribution in [0.25, 0.3) is 0 Å². The second-order valence-corrected chi connectivity index (χ2v) is 7.99. The van der Waals surface area contributed by atoms with Crippen molar-refractivity contribution in [3.05, 3.63) is 0 Å². The van der Waals surface area contributed by atoms with E-state index in [0.29, 0.717) is 16.7 Å². The number of hydrogen-bond acceptors (Lipinski definition) is 2. The zero-order chi connectivity index (χ0) is 11.8. The van der Waals surface area contributed by atoms with E-state index in [9.17, 15) is 4.79 Å². The van der Waals surface area contributed by atoms with Crippen LogP contribution in [0.2, 0.25) is 0 Å². The fraction of sp³-hybridized carbons (Fsp3) is 0.917. The maximum absolute atomic E-state index is 12.5. The molecule has 0 spiro atoms. The van der Waals surface area contributed by atoms with Gasteiger partial charge in [-0.05, 0) is 37.9 Å². The van der Waals surface area contributed by atoms with Gasteiger partial charge in [0, 0.05) is 17.9 Å². The second-order valence-electron chi connectivity index (χ2n) is 5.22. The van der Waals surface area contributed by atoms with Crippen LogP contribution in [-0.2, 0) is 4.79 Å². The van der Waals surface area contributed by atoms with Gasteiger partial charge in [0.1, 0.15) is 0 Å². The first kappa shape index (κ1) is 12.7. The van der Waals surface area contributed by atoms with Crippen LogP contribution in [0.15, 0.2) is 0 Å². The molecule has 0 bridgehead atoms. The first-order valence-electron chi connectivity index (χ1n) is 6.10. The van der Waals surface area contributed by atoms with E-state index in [1.54, 1.807) is 0 Å². The molecule has 3 atom stereocenters. The number of hydrogen-bond donors (Lipinski definition) is 0. The summed E-state index contributed by atoms with van der Waals surface area (Å²) in [6.07, 6.45) is 3.34. The maximum Gasteiger partial charge on any atom is 0.238 e. The van der Waals surface area contributed by atoms with Crippen LogP contribution in [0, 0.1) is 5.92 Å².